The molecule has 2 aromatic rings. The van der Waals surface area contributed by atoms with Gasteiger partial charge in [0.25, 0.3) is 5.91 Å². The highest BCUT2D eigenvalue weighted by Crippen LogP contribution is 2.19. The summed E-state index contributed by atoms with van der Waals surface area (Å²) in [5.41, 5.74) is 1.11. The Balaban J connectivity index is 1.52. The number of amides is 2. The molecule has 2 amide bonds. The van der Waals surface area contributed by atoms with E-state index in [0.29, 0.717) is 34.7 Å². The van der Waals surface area contributed by atoms with E-state index in [4.69, 9.17) is 9.15 Å². The van der Waals surface area contributed by atoms with Gasteiger partial charge in [-0.1, -0.05) is 0 Å². The lowest BCUT2D eigenvalue weighted by Crippen LogP contribution is -2.39. The lowest BCUT2D eigenvalue weighted by atomic mass is 10.0. The lowest BCUT2D eigenvalue weighted by Gasteiger charge is -2.18. The van der Waals surface area contributed by atoms with Gasteiger partial charge in [-0.05, 0) is 26.3 Å². The van der Waals surface area contributed by atoms with Gasteiger partial charge in [0.05, 0.1) is 30.5 Å². The summed E-state index contributed by atoms with van der Waals surface area (Å²) in [5.74, 6) is 0.575. The Bertz CT molecular complexity index is 749. The van der Waals surface area contributed by atoms with Crippen molar-refractivity contribution >= 4 is 28.3 Å². The molecular weight excluding hydrogens is 342 g/mol. The molecule has 2 N–H and O–H groups in total. The van der Waals surface area contributed by atoms with Crippen molar-refractivity contribution in [2.75, 3.05) is 18.5 Å². The number of thiazole rings is 1. The Kier molecular flexibility index (Phi) is 5.50. The van der Waals surface area contributed by atoms with E-state index in [1.165, 1.54) is 17.6 Å². The molecule has 3 heterocycles. The predicted octanol–water partition coefficient (Wildman–Crippen LogP) is 2.38. The van der Waals surface area contributed by atoms with Gasteiger partial charge in [0, 0.05) is 23.9 Å². The number of hydrogen-bond donors (Lipinski definition) is 2. The summed E-state index contributed by atoms with van der Waals surface area (Å²) in [4.78, 5) is 28.6. The molecule has 0 bridgehead atoms. The van der Waals surface area contributed by atoms with E-state index in [9.17, 15) is 9.59 Å². The van der Waals surface area contributed by atoms with Crippen LogP contribution in [0, 0.1) is 12.8 Å². The van der Waals surface area contributed by atoms with Gasteiger partial charge in [-0.2, -0.15) is 0 Å². The maximum atomic E-state index is 12.2. The van der Waals surface area contributed by atoms with Crippen molar-refractivity contribution in [1.29, 1.82) is 0 Å². The molecule has 0 radical (unpaired) electrons. The first-order valence-corrected chi connectivity index (χ1v) is 9.08. The van der Waals surface area contributed by atoms with Crippen molar-refractivity contribution in [2.24, 2.45) is 5.92 Å². The molecule has 7 nitrogen and oxygen atoms in total. The van der Waals surface area contributed by atoms with Gasteiger partial charge in [-0.3, -0.25) is 14.9 Å². The fraction of sp³-hybridized carbons (Fsp3) is 0.471. The normalized spacial score (nSPS) is 18.1. The SMILES string of the molecule is Cc1occc1C(=O)Nc1nc(CC(=O)N[C@@H](C)[C@@H]2CCOC2)cs1. The van der Waals surface area contributed by atoms with Crippen LogP contribution in [-0.4, -0.2) is 36.1 Å². The van der Waals surface area contributed by atoms with Crippen LogP contribution in [-0.2, 0) is 16.0 Å². The minimum atomic E-state index is -0.272. The Labute approximate surface area is 149 Å². The minimum absolute atomic E-state index is 0.0757. The second-order valence-corrected chi connectivity index (χ2v) is 7.00. The average Bonchev–Trinajstić information content (AvgIpc) is 3.28. The van der Waals surface area contributed by atoms with E-state index in [-0.39, 0.29) is 24.3 Å². The lowest BCUT2D eigenvalue weighted by molar-refractivity contribution is -0.121. The summed E-state index contributed by atoms with van der Waals surface area (Å²) < 4.78 is 10.5. The second-order valence-electron chi connectivity index (χ2n) is 6.15. The molecule has 0 aromatic carbocycles. The van der Waals surface area contributed by atoms with E-state index in [1.807, 2.05) is 6.92 Å². The zero-order valence-electron chi connectivity index (χ0n) is 14.2. The molecule has 0 aliphatic carbocycles. The summed E-state index contributed by atoms with van der Waals surface area (Å²) in [6.45, 7) is 5.18. The zero-order chi connectivity index (χ0) is 17.8. The van der Waals surface area contributed by atoms with Gasteiger partial charge in [0.15, 0.2) is 5.13 Å². The largest absolute Gasteiger partial charge is 0.469 e. The fourth-order valence-corrected chi connectivity index (χ4v) is 3.47. The van der Waals surface area contributed by atoms with Crippen molar-refractivity contribution in [3.63, 3.8) is 0 Å². The molecule has 1 aliphatic heterocycles. The number of nitrogens with zero attached hydrogens (tertiary/aromatic N) is 1. The third-order valence-electron chi connectivity index (χ3n) is 4.28. The number of hydrogen-bond acceptors (Lipinski definition) is 6. The van der Waals surface area contributed by atoms with Gasteiger partial charge in [-0.25, -0.2) is 4.98 Å². The van der Waals surface area contributed by atoms with Gasteiger partial charge < -0.3 is 14.5 Å². The van der Waals surface area contributed by atoms with Crippen LogP contribution in [0.5, 0.6) is 0 Å². The summed E-state index contributed by atoms with van der Waals surface area (Å²) in [6.07, 6.45) is 2.63. The molecule has 2 atom stereocenters. The van der Waals surface area contributed by atoms with Crippen LogP contribution in [0.3, 0.4) is 0 Å². The number of aryl methyl sites for hydroxylation is 1. The molecule has 0 unspecified atom stereocenters. The molecular formula is C17H21N3O4S. The van der Waals surface area contributed by atoms with Crippen molar-refractivity contribution in [2.45, 2.75) is 32.7 Å². The van der Waals surface area contributed by atoms with Gasteiger partial charge in [-0.15, -0.1) is 11.3 Å². The highest BCUT2D eigenvalue weighted by Gasteiger charge is 2.23. The molecule has 3 rings (SSSR count). The Morgan fingerprint density at radius 2 is 2.32 bits per heavy atom. The summed E-state index contributed by atoms with van der Waals surface area (Å²) in [7, 11) is 0. The highest BCUT2D eigenvalue weighted by molar-refractivity contribution is 7.14. The third kappa shape index (κ3) is 4.46. The predicted molar refractivity (Wildman–Crippen MR) is 93.7 cm³/mol. The standard InChI is InChI=1S/C17H21N3O4S/c1-10(12-3-5-23-8-12)18-15(21)7-13-9-25-17(19-13)20-16(22)14-4-6-24-11(14)2/h4,6,9-10,12H,3,5,7-8H2,1-2H3,(H,18,21)(H,19,20,22)/t10-,12+/m0/s1. The van der Waals surface area contributed by atoms with Crippen LogP contribution in [0.25, 0.3) is 0 Å². The molecule has 0 saturated carbocycles. The monoisotopic (exact) mass is 363 g/mol. The summed E-state index contributed by atoms with van der Waals surface area (Å²) in [6, 6.07) is 1.69. The number of carbonyl (C=O) groups is 2. The number of aromatic nitrogens is 1. The molecule has 25 heavy (non-hydrogen) atoms. The van der Waals surface area contributed by atoms with Crippen LogP contribution in [0.4, 0.5) is 5.13 Å². The summed E-state index contributed by atoms with van der Waals surface area (Å²) >= 11 is 1.29. The zero-order valence-corrected chi connectivity index (χ0v) is 15.0. The summed E-state index contributed by atoms with van der Waals surface area (Å²) in [5, 5.41) is 7.96. The minimum Gasteiger partial charge on any atom is -0.469 e. The van der Waals surface area contributed by atoms with Crippen molar-refractivity contribution in [3.05, 3.63) is 34.7 Å². The number of carbonyl (C=O) groups excluding carboxylic acids is 2. The molecule has 2 aromatic heterocycles. The van der Waals surface area contributed by atoms with E-state index < -0.39 is 0 Å². The van der Waals surface area contributed by atoms with Crippen molar-refractivity contribution in [1.82, 2.24) is 10.3 Å². The first-order valence-electron chi connectivity index (χ1n) is 8.20. The van der Waals surface area contributed by atoms with Crippen LogP contribution in [0.15, 0.2) is 22.1 Å². The second kappa shape index (κ2) is 7.79. The van der Waals surface area contributed by atoms with E-state index in [1.54, 1.807) is 18.4 Å². The molecule has 1 aliphatic rings. The molecule has 1 saturated heterocycles. The number of anilines is 1. The highest BCUT2D eigenvalue weighted by atomic mass is 32.1. The quantitative estimate of drug-likeness (QED) is 0.822. The van der Waals surface area contributed by atoms with Gasteiger partial charge in [0.1, 0.15) is 5.76 Å². The topological polar surface area (TPSA) is 93.5 Å². The van der Waals surface area contributed by atoms with E-state index in [2.05, 4.69) is 15.6 Å². The fourth-order valence-electron chi connectivity index (χ4n) is 2.76. The maximum Gasteiger partial charge on any atom is 0.260 e. The molecule has 0 spiro atoms. The van der Waals surface area contributed by atoms with Crippen LogP contribution < -0.4 is 10.6 Å². The Morgan fingerprint density at radius 3 is 3.00 bits per heavy atom. The number of rotatable bonds is 6. The molecule has 134 valence electrons. The number of nitrogens with one attached hydrogen (secondary N) is 2. The van der Waals surface area contributed by atoms with E-state index in [0.717, 1.165) is 13.0 Å². The third-order valence-corrected chi connectivity index (χ3v) is 5.08. The van der Waals surface area contributed by atoms with Gasteiger partial charge in [0.2, 0.25) is 5.91 Å². The molecule has 8 heteroatoms. The first-order chi connectivity index (χ1) is 12.0. The van der Waals surface area contributed by atoms with Crippen molar-refractivity contribution < 1.29 is 18.7 Å². The molecule has 1 fully saturated rings. The maximum absolute atomic E-state index is 12.2. The Morgan fingerprint density at radius 1 is 1.48 bits per heavy atom. The van der Waals surface area contributed by atoms with Gasteiger partial charge >= 0.3 is 0 Å². The smallest absolute Gasteiger partial charge is 0.260 e. The average molecular weight is 363 g/mol. The van der Waals surface area contributed by atoms with Crippen LogP contribution in [0.2, 0.25) is 0 Å². The van der Waals surface area contributed by atoms with Crippen LogP contribution in [0.1, 0.15) is 35.2 Å². The number of ether oxygens (including phenoxy) is 1. The van der Waals surface area contributed by atoms with Crippen molar-refractivity contribution in [3.8, 4) is 0 Å². The van der Waals surface area contributed by atoms with E-state index >= 15 is 0 Å². The number of furan rings is 1. The Hall–Kier alpha value is -2.19. The van der Waals surface area contributed by atoms with Crippen LogP contribution >= 0.6 is 11.3 Å². The first kappa shape index (κ1) is 17.6.